The highest BCUT2D eigenvalue weighted by Crippen LogP contribution is 2.22. The zero-order chi connectivity index (χ0) is 16.2. The topological polar surface area (TPSA) is 67.2 Å². The van der Waals surface area contributed by atoms with Gasteiger partial charge in [-0.15, -0.1) is 0 Å². The molecule has 1 saturated heterocycles. The van der Waals surface area contributed by atoms with E-state index < -0.39 is 10.2 Å². The van der Waals surface area contributed by atoms with Gasteiger partial charge in [-0.3, -0.25) is 0 Å². The first kappa shape index (κ1) is 17.4. The highest BCUT2D eigenvalue weighted by Gasteiger charge is 2.29. The number of hydrogen-bond acceptors (Lipinski definition) is 3. The van der Waals surface area contributed by atoms with Crippen LogP contribution in [0, 0.1) is 18.8 Å². The molecule has 0 unspecified atom stereocenters. The summed E-state index contributed by atoms with van der Waals surface area (Å²) in [6.45, 7) is 8.85. The third-order valence-electron chi connectivity index (χ3n) is 4.21. The number of imidazole rings is 1. The summed E-state index contributed by atoms with van der Waals surface area (Å²) in [6.07, 6.45) is 6.62. The fourth-order valence-corrected chi connectivity index (χ4v) is 4.63. The minimum absolute atomic E-state index is 0.435. The van der Waals surface area contributed by atoms with Gasteiger partial charge in [0.1, 0.15) is 5.82 Å². The number of piperidine rings is 1. The van der Waals surface area contributed by atoms with Crippen molar-refractivity contribution in [3.63, 3.8) is 0 Å². The standard InChI is InChI=1S/C15H28N4O2S/c1-13-10-14(2)12-19(11-13)22(20,21)17-6-4-5-8-18-9-7-16-15(18)3/h7,9,13-14,17H,4-6,8,10-12H2,1-3H3/t13-,14+. The van der Waals surface area contributed by atoms with Gasteiger partial charge in [-0.25, -0.2) is 9.71 Å². The summed E-state index contributed by atoms with van der Waals surface area (Å²) in [5, 5.41) is 0. The van der Waals surface area contributed by atoms with Gasteiger partial charge >= 0.3 is 0 Å². The van der Waals surface area contributed by atoms with E-state index in [9.17, 15) is 8.42 Å². The number of nitrogens with zero attached hydrogens (tertiary/aromatic N) is 3. The Morgan fingerprint density at radius 2 is 1.95 bits per heavy atom. The van der Waals surface area contributed by atoms with Crippen LogP contribution in [-0.4, -0.2) is 41.9 Å². The summed E-state index contributed by atoms with van der Waals surface area (Å²) in [5.41, 5.74) is 0. The average molecular weight is 328 g/mol. The minimum Gasteiger partial charge on any atom is -0.335 e. The molecule has 126 valence electrons. The third kappa shape index (κ3) is 4.79. The van der Waals surface area contributed by atoms with Gasteiger partial charge in [0.05, 0.1) is 0 Å². The minimum atomic E-state index is -3.33. The van der Waals surface area contributed by atoms with Crippen molar-refractivity contribution < 1.29 is 8.42 Å². The van der Waals surface area contributed by atoms with E-state index in [1.165, 1.54) is 0 Å². The maximum atomic E-state index is 12.3. The van der Waals surface area contributed by atoms with Gasteiger partial charge in [-0.1, -0.05) is 13.8 Å². The lowest BCUT2D eigenvalue weighted by Gasteiger charge is -2.33. The van der Waals surface area contributed by atoms with Crippen LogP contribution in [0.3, 0.4) is 0 Å². The monoisotopic (exact) mass is 328 g/mol. The van der Waals surface area contributed by atoms with Crippen molar-refractivity contribution in [2.24, 2.45) is 11.8 Å². The van der Waals surface area contributed by atoms with Crippen LogP contribution in [0.15, 0.2) is 12.4 Å². The first-order chi connectivity index (χ1) is 10.4. The lowest BCUT2D eigenvalue weighted by Crippen LogP contribution is -2.48. The molecule has 1 aliphatic heterocycles. The molecule has 0 aliphatic carbocycles. The van der Waals surface area contributed by atoms with Gasteiger partial charge in [-0.05, 0) is 38.0 Å². The van der Waals surface area contributed by atoms with Crippen LogP contribution in [0.1, 0.15) is 38.9 Å². The van der Waals surface area contributed by atoms with Crippen LogP contribution in [-0.2, 0) is 16.8 Å². The van der Waals surface area contributed by atoms with Crippen molar-refractivity contribution in [2.75, 3.05) is 19.6 Å². The summed E-state index contributed by atoms with van der Waals surface area (Å²) in [6, 6.07) is 0. The Bertz CT molecular complexity index is 560. The van der Waals surface area contributed by atoms with Crippen LogP contribution in [0.5, 0.6) is 0 Å². The lowest BCUT2D eigenvalue weighted by atomic mass is 9.94. The number of hydrogen-bond donors (Lipinski definition) is 1. The molecule has 2 heterocycles. The van der Waals surface area contributed by atoms with Crippen LogP contribution < -0.4 is 4.72 Å². The summed E-state index contributed by atoms with van der Waals surface area (Å²) in [7, 11) is -3.33. The first-order valence-corrected chi connectivity index (χ1v) is 9.55. The predicted molar refractivity (Wildman–Crippen MR) is 87.6 cm³/mol. The predicted octanol–water partition coefficient (Wildman–Crippen LogP) is 1.78. The van der Waals surface area contributed by atoms with Crippen LogP contribution in [0.2, 0.25) is 0 Å². The molecule has 1 aliphatic rings. The Labute approximate surface area is 134 Å². The molecular formula is C15H28N4O2S. The summed E-state index contributed by atoms with van der Waals surface area (Å²) in [5.74, 6) is 1.87. The highest BCUT2D eigenvalue weighted by atomic mass is 32.2. The molecule has 0 bridgehead atoms. The van der Waals surface area contributed by atoms with Crippen LogP contribution >= 0.6 is 0 Å². The van der Waals surface area contributed by atoms with E-state index in [1.807, 2.05) is 13.1 Å². The number of aromatic nitrogens is 2. The quantitative estimate of drug-likeness (QED) is 0.776. The van der Waals surface area contributed by atoms with Gasteiger partial charge in [0, 0.05) is 38.6 Å². The number of aryl methyl sites for hydroxylation is 2. The largest absolute Gasteiger partial charge is 0.335 e. The molecule has 1 N–H and O–H groups in total. The van der Waals surface area contributed by atoms with Gasteiger partial charge in [0.2, 0.25) is 0 Å². The average Bonchev–Trinajstić information content (AvgIpc) is 2.83. The van der Waals surface area contributed by atoms with Crippen molar-refractivity contribution in [2.45, 2.75) is 46.6 Å². The van der Waals surface area contributed by atoms with Gasteiger partial charge in [0.25, 0.3) is 10.2 Å². The van der Waals surface area contributed by atoms with Crippen molar-refractivity contribution in [1.29, 1.82) is 0 Å². The molecule has 2 rings (SSSR count). The molecule has 2 atom stereocenters. The molecule has 1 fully saturated rings. The zero-order valence-electron chi connectivity index (χ0n) is 13.8. The molecule has 6 nitrogen and oxygen atoms in total. The Morgan fingerprint density at radius 1 is 1.27 bits per heavy atom. The molecule has 0 aromatic carbocycles. The van der Waals surface area contributed by atoms with E-state index in [0.29, 0.717) is 31.5 Å². The smallest absolute Gasteiger partial charge is 0.279 e. The second kappa shape index (κ2) is 7.57. The normalized spacial score (nSPS) is 23.8. The molecule has 0 radical (unpaired) electrons. The van der Waals surface area contributed by atoms with E-state index in [2.05, 4.69) is 28.1 Å². The maximum absolute atomic E-state index is 12.3. The van der Waals surface area contributed by atoms with Crippen molar-refractivity contribution in [1.82, 2.24) is 18.6 Å². The highest BCUT2D eigenvalue weighted by molar-refractivity contribution is 7.87. The van der Waals surface area contributed by atoms with E-state index in [0.717, 1.165) is 31.6 Å². The fourth-order valence-electron chi connectivity index (χ4n) is 3.14. The Kier molecular flexibility index (Phi) is 6.00. The Balaban J connectivity index is 1.72. The lowest BCUT2D eigenvalue weighted by molar-refractivity contribution is 0.220. The van der Waals surface area contributed by atoms with Crippen molar-refractivity contribution in [3.05, 3.63) is 18.2 Å². The Hall–Kier alpha value is -0.920. The molecule has 0 amide bonds. The third-order valence-corrected chi connectivity index (χ3v) is 5.76. The molecule has 22 heavy (non-hydrogen) atoms. The van der Waals surface area contributed by atoms with Gasteiger partial charge < -0.3 is 4.57 Å². The van der Waals surface area contributed by atoms with Gasteiger partial charge in [-0.2, -0.15) is 12.7 Å². The molecule has 0 spiro atoms. The number of unbranched alkanes of at least 4 members (excludes halogenated alkanes) is 1. The number of rotatable bonds is 7. The summed E-state index contributed by atoms with van der Waals surface area (Å²) >= 11 is 0. The second-order valence-electron chi connectivity index (χ2n) is 6.54. The molecule has 1 aromatic heterocycles. The first-order valence-electron chi connectivity index (χ1n) is 8.11. The zero-order valence-corrected chi connectivity index (χ0v) is 14.6. The van der Waals surface area contributed by atoms with Gasteiger partial charge in [0.15, 0.2) is 0 Å². The summed E-state index contributed by atoms with van der Waals surface area (Å²) in [4.78, 5) is 4.17. The Morgan fingerprint density at radius 3 is 2.55 bits per heavy atom. The fraction of sp³-hybridized carbons (Fsp3) is 0.800. The SMILES string of the molecule is Cc1nccn1CCCCNS(=O)(=O)N1C[C@H](C)C[C@H](C)C1. The van der Waals surface area contributed by atoms with E-state index in [-0.39, 0.29) is 0 Å². The van der Waals surface area contributed by atoms with E-state index in [4.69, 9.17) is 0 Å². The molecule has 0 saturated carbocycles. The van der Waals surface area contributed by atoms with E-state index >= 15 is 0 Å². The molecular weight excluding hydrogens is 300 g/mol. The van der Waals surface area contributed by atoms with Crippen LogP contribution in [0.25, 0.3) is 0 Å². The molecule has 1 aromatic rings. The van der Waals surface area contributed by atoms with Crippen LogP contribution in [0.4, 0.5) is 0 Å². The van der Waals surface area contributed by atoms with Crippen molar-refractivity contribution in [3.8, 4) is 0 Å². The summed E-state index contributed by atoms with van der Waals surface area (Å²) < 4.78 is 31.1. The van der Waals surface area contributed by atoms with E-state index in [1.54, 1.807) is 10.5 Å². The number of nitrogens with one attached hydrogen (secondary N) is 1. The maximum Gasteiger partial charge on any atom is 0.279 e. The second-order valence-corrected chi connectivity index (χ2v) is 8.29. The van der Waals surface area contributed by atoms with Crippen molar-refractivity contribution >= 4 is 10.2 Å². The molecule has 7 heteroatoms.